The first-order chi connectivity index (χ1) is 10.5. The molecule has 1 aliphatic carbocycles. The smallest absolute Gasteiger partial charge is 0.239 e. The van der Waals surface area contributed by atoms with E-state index in [0.29, 0.717) is 29.3 Å². The summed E-state index contributed by atoms with van der Waals surface area (Å²) >= 11 is 6.35. The highest BCUT2D eigenvalue weighted by atomic mass is 35.5. The normalized spacial score (nSPS) is 14.8. The minimum absolute atomic E-state index is 0.0853. The summed E-state index contributed by atoms with van der Waals surface area (Å²) in [6.07, 6.45) is 2.31. The van der Waals surface area contributed by atoms with E-state index in [1.54, 1.807) is 4.68 Å². The number of amides is 1. The molecule has 1 aromatic heterocycles. The van der Waals surface area contributed by atoms with E-state index in [2.05, 4.69) is 29.6 Å². The first-order valence-corrected chi connectivity index (χ1v) is 8.03. The second kappa shape index (κ2) is 5.89. The molecule has 6 heteroatoms. The first kappa shape index (κ1) is 15.3. The van der Waals surface area contributed by atoms with E-state index in [4.69, 9.17) is 11.6 Å². The van der Waals surface area contributed by atoms with E-state index in [-0.39, 0.29) is 5.91 Å². The van der Waals surface area contributed by atoms with Crippen LogP contribution in [0.5, 0.6) is 0 Å². The summed E-state index contributed by atoms with van der Waals surface area (Å²) < 4.78 is 1.79. The number of nitrogens with one attached hydrogen (secondary N) is 2. The average Bonchev–Trinajstić information content (AvgIpc) is 3.22. The lowest BCUT2D eigenvalue weighted by Gasteiger charge is -2.09. The van der Waals surface area contributed by atoms with E-state index >= 15 is 0 Å². The first-order valence-electron chi connectivity index (χ1n) is 7.65. The number of halogens is 1. The molecule has 2 aromatic rings. The number of anilines is 1. The van der Waals surface area contributed by atoms with Crippen LogP contribution in [0.2, 0.25) is 5.02 Å². The Morgan fingerprint density at radius 2 is 2.18 bits per heavy atom. The third-order valence-electron chi connectivity index (χ3n) is 3.98. The van der Waals surface area contributed by atoms with Gasteiger partial charge in [-0.15, -0.1) is 0 Å². The van der Waals surface area contributed by atoms with Gasteiger partial charge in [-0.25, -0.2) is 0 Å². The molecule has 3 rings (SSSR count). The Bertz CT molecular complexity index is 718. The lowest BCUT2D eigenvalue weighted by atomic mass is 10.0. The lowest BCUT2D eigenvalue weighted by Crippen LogP contribution is -2.29. The molecular weight excluding hydrogens is 300 g/mol. The maximum Gasteiger partial charge on any atom is 0.239 e. The molecule has 0 bridgehead atoms. The largest absolute Gasteiger partial charge is 0.308 e. The van der Waals surface area contributed by atoms with Crippen LogP contribution < -0.4 is 10.6 Å². The van der Waals surface area contributed by atoms with Crippen molar-refractivity contribution >= 4 is 34.2 Å². The van der Waals surface area contributed by atoms with Gasteiger partial charge < -0.3 is 10.6 Å². The Morgan fingerprint density at radius 1 is 1.45 bits per heavy atom. The predicted octanol–water partition coefficient (Wildman–Crippen LogP) is 3.04. The van der Waals surface area contributed by atoms with E-state index in [9.17, 15) is 4.79 Å². The molecule has 1 heterocycles. The minimum atomic E-state index is -0.0853. The number of fused-ring (bicyclic) bond motifs is 1. The third-order valence-corrected chi connectivity index (χ3v) is 4.29. The van der Waals surface area contributed by atoms with Gasteiger partial charge in [0.05, 0.1) is 22.5 Å². The zero-order valence-electron chi connectivity index (χ0n) is 13.1. The highest BCUT2D eigenvalue weighted by Crippen LogP contribution is 2.35. The third kappa shape index (κ3) is 2.96. The molecule has 0 radical (unpaired) electrons. The standard InChI is InChI=1S/C16H21ClN4O/c1-9(2)11-6-7-12(17)14-15(11)21(3)20-16(14)19-13(22)8-18-10-4-5-10/h6-7,9-10,18H,4-5,8H2,1-3H3,(H,19,20,22). The quantitative estimate of drug-likeness (QED) is 0.890. The zero-order valence-corrected chi connectivity index (χ0v) is 13.9. The van der Waals surface area contributed by atoms with Gasteiger partial charge in [0.1, 0.15) is 0 Å². The summed E-state index contributed by atoms with van der Waals surface area (Å²) in [7, 11) is 1.88. The summed E-state index contributed by atoms with van der Waals surface area (Å²) in [4.78, 5) is 12.1. The van der Waals surface area contributed by atoms with Crippen molar-refractivity contribution in [3.63, 3.8) is 0 Å². The lowest BCUT2D eigenvalue weighted by molar-refractivity contribution is -0.115. The van der Waals surface area contributed by atoms with Crippen LogP contribution in [0.3, 0.4) is 0 Å². The maximum atomic E-state index is 12.1. The van der Waals surface area contributed by atoms with Crippen molar-refractivity contribution in [2.75, 3.05) is 11.9 Å². The summed E-state index contributed by atoms with van der Waals surface area (Å²) in [6.45, 7) is 4.57. The van der Waals surface area contributed by atoms with E-state index in [1.807, 2.05) is 19.2 Å². The second-order valence-electron chi connectivity index (χ2n) is 6.19. The number of hydrogen-bond donors (Lipinski definition) is 2. The van der Waals surface area contributed by atoms with Crippen LogP contribution in [0.4, 0.5) is 5.82 Å². The number of nitrogens with zero attached hydrogens (tertiary/aromatic N) is 2. The van der Waals surface area contributed by atoms with E-state index < -0.39 is 0 Å². The number of hydrogen-bond acceptors (Lipinski definition) is 3. The molecule has 5 nitrogen and oxygen atoms in total. The molecule has 1 saturated carbocycles. The van der Waals surface area contributed by atoms with Gasteiger partial charge in [0.15, 0.2) is 5.82 Å². The van der Waals surface area contributed by atoms with Gasteiger partial charge in [-0.2, -0.15) is 5.10 Å². The van der Waals surface area contributed by atoms with Crippen LogP contribution >= 0.6 is 11.6 Å². The number of rotatable bonds is 5. The molecule has 1 aliphatic rings. The molecule has 22 heavy (non-hydrogen) atoms. The van der Waals surface area contributed by atoms with Crippen molar-refractivity contribution in [1.82, 2.24) is 15.1 Å². The van der Waals surface area contributed by atoms with Crippen molar-refractivity contribution in [2.24, 2.45) is 7.05 Å². The SMILES string of the molecule is CC(C)c1ccc(Cl)c2c(NC(=O)CNC3CC3)nn(C)c12. The summed E-state index contributed by atoms with van der Waals surface area (Å²) in [6, 6.07) is 4.40. The highest BCUT2D eigenvalue weighted by Gasteiger charge is 2.22. The van der Waals surface area contributed by atoms with Gasteiger partial charge >= 0.3 is 0 Å². The molecular formula is C16H21ClN4O. The molecule has 118 valence electrons. The van der Waals surface area contributed by atoms with Crippen molar-refractivity contribution in [2.45, 2.75) is 38.6 Å². The van der Waals surface area contributed by atoms with Crippen LogP contribution in [0.1, 0.15) is 38.2 Å². The van der Waals surface area contributed by atoms with E-state index in [1.165, 1.54) is 5.56 Å². The minimum Gasteiger partial charge on any atom is -0.308 e. The summed E-state index contributed by atoms with van der Waals surface area (Å²) in [5, 5.41) is 11.9. The van der Waals surface area contributed by atoms with Gasteiger partial charge in [0.2, 0.25) is 5.91 Å². The van der Waals surface area contributed by atoms with Crippen molar-refractivity contribution in [3.05, 3.63) is 22.7 Å². The molecule has 0 atom stereocenters. The van der Waals surface area contributed by atoms with Crippen molar-refractivity contribution in [1.29, 1.82) is 0 Å². The van der Waals surface area contributed by atoms with Gasteiger partial charge in [0.25, 0.3) is 0 Å². The summed E-state index contributed by atoms with van der Waals surface area (Å²) in [5.74, 6) is 0.806. The molecule has 1 aromatic carbocycles. The van der Waals surface area contributed by atoms with Crippen molar-refractivity contribution in [3.8, 4) is 0 Å². The van der Waals surface area contributed by atoms with Gasteiger partial charge in [-0.1, -0.05) is 31.5 Å². The molecule has 2 N–H and O–H groups in total. The molecule has 1 fully saturated rings. The molecule has 0 spiro atoms. The van der Waals surface area contributed by atoms with Crippen LogP contribution in [0.15, 0.2) is 12.1 Å². The van der Waals surface area contributed by atoms with Crippen LogP contribution in [0.25, 0.3) is 10.9 Å². The number of carbonyl (C=O) groups is 1. The Hall–Kier alpha value is -1.59. The predicted molar refractivity (Wildman–Crippen MR) is 89.5 cm³/mol. The van der Waals surface area contributed by atoms with Gasteiger partial charge in [-0.05, 0) is 30.4 Å². The zero-order chi connectivity index (χ0) is 15.9. The fourth-order valence-electron chi connectivity index (χ4n) is 2.66. The fourth-order valence-corrected chi connectivity index (χ4v) is 2.90. The van der Waals surface area contributed by atoms with Gasteiger partial charge in [-0.3, -0.25) is 9.48 Å². The molecule has 1 amide bonds. The Balaban J connectivity index is 1.92. The van der Waals surface area contributed by atoms with Crippen LogP contribution in [-0.4, -0.2) is 28.3 Å². The monoisotopic (exact) mass is 320 g/mol. The topological polar surface area (TPSA) is 59.0 Å². The van der Waals surface area contributed by atoms with E-state index in [0.717, 1.165) is 23.7 Å². The number of benzene rings is 1. The van der Waals surface area contributed by atoms with Crippen LogP contribution in [-0.2, 0) is 11.8 Å². The number of aromatic nitrogens is 2. The fraction of sp³-hybridized carbons (Fsp3) is 0.500. The van der Waals surface area contributed by atoms with Crippen LogP contribution in [0, 0.1) is 0 Å². The molecule has 0 aliphatic heterocycles. The number of carbonyl (C=O) groups excluding carboxylic acids is 1. The average molecular weight is 321 g/mol. The maximum absolute atomic E-state index is 12.1. The Labute approximate surface area is 135 Å². The van der Waals surface area contributed by atoms with Gasteiger partial charge in [0, 0.05) is 13.1 Å². The highest BCUT2D eigenvalue weighted by molar-refractivity contribution is 6.36. The second-order valence-corrected chi connectivity index (χ2v) is 6.60. The molecule has 0 unspecified atom stereocenters. The Kier molecular flexibility index (Phi) is 4.10. The summed E-state index contributed by atoms with van der Waals surface area (Å²) in [5.41, 5.74) is 2.15. The number of aryl methyl sites for hydroxylation is 1. The Morgan fingerprint density at radius 3 is 2.82 bits per heavy atom. The van der Waals surface area contributed by atoms with Crippen molar-refractivity contribution < 1.29 is 4.79 Å². The molecule has 0 saturated heterocycles.